The van der Waals surface area contributed by atoms with Crippen LogP contribution in [0.25, 0.3) is 0 Å². The lowest BCUT2D eigenvalue weighted by atomic mass is 10.3. The second kappa shape index (κ2) is 4.31. The molecular formula is C8H6BrCl2NO. The van der Waals surface area contributed by atoms with Crippen LogP contribution in [0, 0.1) is 0 Å². The number of benzene rings is 1. The maximum Gasteiger partial charge on any atom is 0.221 e. The SMILES string of the molecule is CC(=O)Nc1ccc(Br)c(Cl)c1Cl. The van der Waals surface area contributed by atoms with E-state index in [2.05, 4.69) is 21.2 Å². The van der Waals surface area contributed by atoms with Crippen LogP contribution < -0.4 is 5.32 Å². The Balaban J connectivity index is 3.10. The Hall–Kier alpha value is -0.250. The van der Waals surface area contributed by atoms with E-state index in [0.717, 1.165) is 0 Å². The van der Waals surface area contributed by atoms with Crippen molar-refractivity contribution in [1.29, 1.82) is 0 Å². The van der Waals surface area contributed by atoms with Gasteiger partial charge in [-0.3, -0.25) is 4.79 Å². The summed E-state index contributed by atoms with van der Waals surface area (Å²) in [7, 11) is 0. The molecule has 70 valence electrons. The molecule has 0 aliphatic carbocycles. The highest BCUT2D eigenvalue weighted by molar-refractivity contribution is 9.10. The van der Waals surface area contributed by atoms with Gasteiger partial charge in [-0.25, -0.2) is 0 Å². The van der Waals surface area contributed by atoms with Crippen LogP contribution in [-0.4, -0.2) is 5.91 Å². The molecule has 0 fully saturated rings. The summed E-state index contributed by atoms with van der Waals surface area (Å²) in [5.74, 6) is -0.180. The van der Waals surface area contributed by atoms with E-state index in [1.165, 1.54) is 6.92 Å². The van der Waals surface area contributed by atoms with Crippen molar-refractivity contribution in [2.45, 2.75) is 6.92 Å². The van der Waals surface area contributed by atoms with E-state index in [-0.39, 0.29) is 5.91 Å². The molecular weight excluding hydrogens is 277 g/mol. The third kappa shape index (κ3) is 2.59. The minimum Gasteiger partial charge on any atom is -0.325 e. The van der Waals surface area contributed by atoms with E-state index in [4.69, 9.17) is 23.2 Å². The Morgan fingerprint density at radius 2 is 2.00 bits per heavy atom. The lowest BCUT2D eigenvalue weighted by Gasteiger charge is -2.06. The molecule has 0 radical (unpaired) electrons. The van der Waals surface area contributed by atoms with Crippen molar-refractivity contribution in [2.75, 3.05) is 5.32 Å². The van der Waals surface area contributed by atoms with E-state index in [1.807, 2.05) is 0 Å². The Morgan fingerprint density at radius 1 is 1.38 bits per heavy atom. The van der Waals surface area contributed by atoms with Crippen LogP contribution >= 0.6 is 39.1 Å². The minimum absolute atomic E-state index is 0.180. The number of nitrogens with one attached hydrogen (secondary N) is 1. The number of carbonyl (C=O) groups is 1. The van der Waals surface area contributed by atoms with E-state index in [0.29, 0.717) is 20.2 Å². The third-order valence-corrected chi connectivity index (χ3v) is 3.12. The Kier molecular flexibility index (Phi) is 3.59. The highest BCUT2D eigenvalue weighted by Gasteiger charge is 2.08. The lowest BCUT2D eigenvalue weighted by molar-refractivity contribution is -0.114. The molecule has 0 aromatic heterocycles. The average molecular weight is 283 g/mol. The molecule has 1 N–H and O–H groups in total. The van der Waals surface area contributed by atoms with Crippen LogP contribution in [0.15, 0.2) is 16.6 Å². The van der Waals surface area contributed by atoms with Crippen molar-refractivity contribution in [2.24, 2.45) is 0 Å². The van der Waals surface area contributed by atoms with Gasteiger partial charge < -0.3 is 5.32 Å². The highest BCUT2D eigenvalue weighted by atomic mass is 79.9. The topological polar surface area (TPSA) is 29.1 Å². The van der Waals surface area contributed by atoms with Crippen molar-refractivity contribution in [1.82, 2.24) is 0 Å². The molecule has 0 heterocycles. The van der Waals surface area contributed by atoms with Crippen LogP contribution in [0.4, 0.5) is 5.69 Å². The quantitative estimate of drug-likeness (QED) is 0.782. The predicted octanol–water partition coefficient (Wildman–Crippen LogP) is 3.71. The van der Waals surface area contributed by atoms with Crippen molar-refractivity contribution >= 4 is 50.7 Å². The molecule has 0 spiro atoms. The molecule has 1 aromatic carbocycles. The first-order valence-corrected chi connectivity index (χ1v) is 4.98. The molecule has 0 aliphatic heterocycles. The number of hydrogen-bond acceptors (Lipinski definition) is 1. The largest absolute Gasteiger partial charge is 0.325 e. The number of rotatable bonds is 1. The van der Waals surface area contributed by atoms with E-state index in [9.17, 15) is 4.79 Å². The molecule has 0 aliphatic rings. The molecule has 0 saturated heterocycles. The first-order chi connectivity index (χ1) is 6.02. The molecule has 5 heteroatoms. The number of hydrogen-bond donors (Lipinski definition) is 1. The normalized spacial score (nSPS) is 9.85. The van der Waals surface area contributed by atoms with Crippen LogP contribution in [0.1, 0.15) is 6.92 Å². The fourth-order valence-corrected chi connectivity index (χ4v) is 1.63. The molecule has 2 nitrogen and oxygen atoms in total. The summed E-state index contributed by atoms with van der Waals surface area (Å²) in [6.45, 7) is 1.41. The molecule has 1 aromatic rings. The number of carbonyl (C=O) groups excluding carboxylic acids is 1. The van der Waals surface area contributed by atoms with Gasteiger partial charge in [0.15, 0.2) is 0 Å². The van der Waals surface area contributed by atoms with Crippen LogP contribution in [0.2, 0.25) is 10.0 Å². The summed E-state index contributed by atoms with van der Waals surface area (Å²) in [5.41, 5.74) is 0.516. The monoisotopic (exact) mass is 281 g/mol. The highest BCUT2D eigenvalue weighted by Crippen LogP contribution is 2.35. The van der Waals surface area contributed by atoms with E-state index >= 15 is 0 Å². The Bertz CT molecular complexity index is 354. The van der Waals surface area contributed by atoms with Gasteiger partial charge in [0, 0.05) is 11.4 Å². The van der Waals surface area contributed by atoms with Gasteiger partial charge in [0.05, 0.1) is 15.7 Å². The van der Waals surface area contributed by atoms with E-state index < -0.39 is 0 Å². The Morgan fingerprint density at radius 3 is 2.54 bits per heavy atom. The maximum atomic E-state index is 10.7. The van der Waals surface area contributed by atoms with Crippen molar-refractivity contribution in [3.05, 3.63) is 26.7 Å². The van der Waals surface area contributed by atoms with Crippen molar-refractivity contribution in [3.8, 4) is 0 Å². The minimum atomic E-state index is -0.180. The molecule has 0 saturated carbocycles. The Labute approximate surface area is 94.3 Å². The fraction of sp³-hybridized carbons (Fsp3) is 0.125. The summed E-state index contributed by atoms with van der Waals surface area (Å²) in [4.78, 5) is 10.7. The number of amides is 1. The summed E-state index contributed by atoms with van der Waals surface area (Å²) in [6, 6.07) is 3.40. The van der Waals surface area contributed by atoms with Gasteiger partial charge in [-0.05, 0) is 28.1 Å². The second-order valence-electron chi connectivity index (χ2n) is 2.40. The summed E-state index contributed by atoms with van der Waals surface area (Å²) >= 11 is 14.9. The molecule has 13 heavy (non-hydrogen) atoms. The van der Waals surface area contributed by atoms with Gasteiger partial charge in [0.2, 0.25) is 5.91 Å². The van der Waals surface area contributed by atoms with Crippen LogP contribution in [-0.2, 0) is 4.79 Å². The zero-order valence-corrected chi connectivity index (χ0v) is 9.79. The third-order valence-electron chi connectivity index (χ3n) is 1.35. The fourth-order valence-electron chi connectivity index (χ4n) is 0.812. The van der Waals surface area contributed by atoms with Gasteiger partial charge in [0.25, 0.3) is 0 Å². The zero-order valence-electron chi connectivity index (χ0n) is 6.70. The first kappa shape index (κ1) is 10.8. The standard InChI is InChI=1S/C8H6BrCl2NO/c1-4(13)12-6-3-2-5(9)7(10)8(6)11/h2-3H,1H3,(H,12,13). The molecule has 0 bridgehead atoms. The summed E-state index contributed by atoms with van der Waals surface area (Å²) in [5, 5.41) is 3.30. The number of halogens is 3. The molecule has 1 amide bonds. The molecule has 0 atom stereocenters. The van der Waals surface area contributed by atoms with E-state index in [1.54, 1.807) is 12.1 Å². The second-order valence-corrected chi connectivity index (χ2v) is 4.01. The summed E-state index contributed by atoms with van der Waals surface area (Å²) in [6.07, 6.45) is 0. The van der Waals surface area contributed by atoms with Gasteiger partial charge in [0.1, 0.15) is 0 Å². The van der Waals surface area contributed by atoms with Crippen molar-refractivity contribution < 1.29 is 4.79 Å². The number of anilines is 1. The predicted molar refractivity (Wildman–Crippen MR) is 58.5 cm³/mol. The van der Waals surface area contributed by atoms with Crippen LogP contribution in [0.3, 0.4) is 0 Å². The smallest absolute Gasteiger partial charge is 0.221 e. The molecule has 0 unspecified atom stereocenters. The molecule has 1 rings (SSSR count). The average Bonchev–Trinajstić information content (AvgIpc) is 2.06. The maximum absolute atomic E-state index is 10.7. The lowest BCUT2D eigenvalue weighted by Crippen LogP contribution is -2.06. The zero-order chi connectivity index (χ0) is 10.0. The van der Waals surface area contributed by atoms with Crippen molar-refractivity contribution in [3.63, 3.8) is 0 Å². The van der Waals surface area contributed by atoms with Gasteiger partial charge in [-0.15, -0.1) is 0 Å². The van der Waals surface area contributed by atoms with Crippen LogP contribution in [0.5, 0.6) is 0 Å². The van der Waals surface area contributed by atoms with Gasteiger partial charge in [-0.1, -0.05) is 23.2 Å². The summed E-state index contributed by atoms with van der Waals surface area (Å²) < 4.78 is 0.702. The first-order valence-electron chi connectivity index (χ1n) is 3.43. The van der Waals surface area contributed by atoms with Gasteiger partial charge in [-0.2, -0.15) is 0 Å². The van der Waals surface area contributed by atoms with Gasteiger partial charge >= 0.3 is 0 Å².